The summed E-state index contributed by atoms with van der Waals surface area (Å²) in [6, 6.07) is 0. The molecule has 0 radical (unpaired) electrons. The first kappa shape index (κ1) is 14.3. The van der Waals surface area contributed by atoms with E-state index in [0.717, 1.165) is 0 Å². The second-order valence-electron chi connectivity index (χ2n) is 2.76. The van der Waals surface area contributed by atoms with E-state index in [-0.39, 0.29) is 0 Å². The van der Waals surface area contributed by atoms with Crippen molar-refractivity contribution in [3.63, 3.8) is 0 Å². The molecule has 0 aromatic carbocycles. The molecule has 6 nitrogen and oxygen atoms in total. The van der Waals surface area contributed by atoms with Crippen LogP contribution in [0.1, 0.15) is 0 Å². The van der Waals surface area contributed by atoms with Crippen molar-refractivity contribution in [3.05, 3.63) is 24.3 Å². The number of hydrogen-bond acceptors (Lipinski definition) is 4. The van der Waals surface area contributed by atoms with E-state index >= 15 is 0 Å². The summed E-state index contributed by atoms with van der Waals surface area (Å²) in [7, 11) is 0. The Balaban J connectivity index is 3.22. The number of amides is 2. The van der Waals surface area contributed by atoms with E-state index in [9.17, 15) is 9.59 Å². The average Bonchev–Trinajstić information content (AvgIpc) is 2.20. The number of carbonyl (C=O) groups excluding carboxylic acids is 2. The van der Waals surface area contributed by atoms with Gasteiger partial charge in [-0.25, -0.2) is 0 Å². The highest BCUT2D eigenvalue weighted by molar-refractivity contribution is 5.85. The van der Waals surface area contributed by atoms with Crippen LogP contribution in [0.2, 0.25) is 0 Å². The Labute approximate surface area is 93.9 Å². The number of rotatable bonds is 9. The van der Waals surface area contributed by atoms with Crippen molar-refractivity contribution in [2.75, 3.05) is 26.4 Å². The second kappa shape index (κ2) is 9.88. The summed E-state index contributed by atoms with van der Waals surface area (Å²) in [5.74, 6) is -1.01. The number of primary amides is 2. The maximum Gasteiger partial charge on any atom is 0.241 e. The minimum atomic E-state index is -0.503. The fraction of sp³-hybridized carbons (Fsp3) is 0.400. The molecule has 16 heavy (non-hydrogen) atoms. The number of nitrogens with two attached hydrogens (primary N) is 2. The third kappa shape index (κ3) is 12.3. The molecule has 0 fully saturated rings. The van der Waals surface area contributed by atoms with Gasteiger partial charge in [-0.05, 0) is 0 Å². The van der Waals surface area contributed by atoms with E-state index < -0.39 is 11.8 Å². The van der Waals surface area contributed by atoms with Crippen LogP contribution in [0, 0.1) is 0 Å². The van der Waals surface area contributed by atoms with Gasteiger partial charge >= 0.3 is 0 Å². The van der Waals surface area contributed by atoms with Crippen LogP contribution in [0.4, 0.5) is 0 Å². The van der Waals surface area contributed by atoms with Crippen LogP contribution in [0.15, 0.2) is 24.3 Å². The third-order valence-electron chi connectivity index (χ3n) is 1.36. The average molecular weight is 228 g/mol. The fourth-order valence-electron chi connectivity index (χ4n) is 0.749. The highest BCUT2D eigenvalue weighted by Crippen LogP contribution is 1.82. The predicted molar refractivity (Wildman–Crippen MR) is 58.3 cm³/mol. The smallest absolute Gasteiger partial charge is 0.241 e. The van der Waals surface area contributed by atoms with Gasteiger partial charge in [-0.2, -0.15) is 0 Å². The Morgan fingerprint density at radius 1 is 0.875 bits per heavy atom. The van der Waals surface area contributed by atoms with Gasteiger partial charge in [0.1, 0.15) is 0 Å². The summed E-state index contributed by atoms with van der Waals surface area (Å²) in [4.78, 5) is 20.5. The van der Waals surface area contributed by atoms with E-state index in [1.807, 2.05) is 0 Å². The van der Waals surface area contributed by atoms with Crippen molar-refractivity contribution >= 4 is 11.8 Å². The molecule has 0 aliphatic carbocycles. The van der Waals surface area contributed by atoms with Crippen molar-refractivity contribution in [2.45, 2.75) is 0 Å². The Morgan fingerprint density at radius 2 is 1.25 bits per heavy atom. The number of carbonyl (C=O) groups is 2. The summed E-state index contributed by atoms with van der Waals surface area (Å²) in [6.45, 7) is 1.41. The van der Waals surface area contributed by atoms with Gasteiger partial charge in [0.05, 0.1) is 26.4 Å². The van der Waals surface area contributed by atoms with E-state index in [4.69, 9.17) is 20.9 Å². The molecular formula is C10H16N2O4. The molecule has 2 amide bonds. The lowest BCUT2D eigenvalue weighted by Crippen LogP contribution is -2.08. The first-order chi connectivity index (χ1) is 7.63. The lowest BCUT2D eigenvalue weighted by molar-refractivity contribution is -0.114. The van der Waals surface area contributed by atoms with Crippen LogP contribution in [-0.4, -0.2) is 38.2 Å². The zero-order valence-corrected chi connectivity index (χ0v) is 8.93. The standard InChI is InChI=1S/C10H16N2O4/c11-9(13)3-1-5-15-7-8-16-6-2-4-10(12)14/h1-4H,5-8H2,(H2,11,13)(H2,12,14). The van der Waals surface area contributed by atoms with E-state index in [2.05, 4.69) is 0 Å². The predicted octanol–water partition coefficient (Wildman–Crippen LogP) is -0.897. The minimum Gasteiger partial charge on any atom is -0.375 e. The lowest BCUT2D eigenvalue weighted by Gasteiger charge is -2.00. The molecule has 0 aromatic rings. The van der Waals surface area contributed by atoms with E-state index in [1.165, 1.54) is 24.3 Å². The first-order valence-corrected chi connectivity index (χ1v) is 4.70. The molecule has 0 saturated carbocycles. The van der Waals surface area contributed by atoms with Gasteiger partial charge in [-0.1, -0.05) is 12.2 Å². The van der Waals surface area contributed by atoms with Crippen molar-refractivity contribution in [2.24, 2.45) is 11.5 Å². The molecule has 4 N–H and O–H groups in total. The molecule has 0 aromatic heterocycles. The van der Waals surface area contributed by atoms with Gasteiger partial charge in [0.15, 0.2) is 0 Å². The molecule has 0 spiro atoms. The van der Waals surface area contributed by atoms with Crippen LogP contribution in [0.5, 0.6) is 0 Å². The molecule has 0 aliphatic heterocycles. The molecule has 0 heterocycles. The van der Waals surface area contributed by atoms with Crippen LogP contribution in [0.25, 0.3) is 0 Å². The van der Waals surface area contributed by atoms with Crippen LogP contribution < -0.4 is 11.5 Å². The van der Waals surface area contributed by atoms with Crippen LogP contribution in [0.3, 0.4) is 0 Å². The highest BCUT2D eigenvalue weighted by Gasteiger charge is 1.87. The first-order valence-electron chi connectivity index (χ1n) is 4.70. The monoisotopic (exact) mass is 228 g/mol. The summed E-state index contributed by atoms with van der Waals surface area (Å²) < 4.78 is 10.2. The molecule has 0 bridgehead atoms. The molecule has 6 heteroatoms. The maximum absolute atomic E-state index is 10.3. The van der Waals surface area contributed by atoms with Gasteiger partial charge in [0.25, 0.3) is 0 Å². The molecule has 90 valence electrons. The molecule has 0 aliphatic rings. The van der Waals surface area contributed by atoms with Crippen molar-refractivity contribution in [1.82, 2.24) is 0 Å². The lowest BCUT2D eigenvalue weighted by atomic mass is 10.5. The Morgan fingerprint density at radius 3 is 1.56 bits per heavy atom. The van der Waals surface area contributed by atoms with Gasteiger partial charge in [0.2, 0.25) is 11.8 Å². The van der Waals surface area contributed by atoms with Crippen LogP contribution in [-0.2, 0) is 19.1 Å². The molecule has 0 unspecified atom stereocenters. The van der Waals surface area contributed by atoms with Crippen molar-refractivity contribution < 1.29 is 19.1 Å². The van der Waals surface area contributed by atoms with Gasteiger partial charge in [-0.15, -0.1) is 0 Å². The van der Waals surface area contributed by atoms with Crippen molar-refractivity contribution in [3.8, 4) is 0 Å². The SMILES string of the molecule is NC(=O)C=CCOCCOCC=CC(N)=O. The maximum atomic E-state index is 10.3. The van der Waals surface area contributed by atoms with Crippen LogP contribution >= 0.6 is 0 Å². The van der Waals surface area contributed by atoms with Crippen molar-refractivity contribution in [1.29, 1.82) is 0 Å². The molecular weight excluding hydrogens is 212 g/mol. The largest absolute Gasteiger partial charge is 0.375 e. The molecule has 0 atom stereocenters. The van der Waals surface area contributed by atoms with E-state index in [1.54, 1.807) is 0 Å². The number of hydrogen-bond donors (Lipinski definition) is 2. The summed E-state index contributed by atoms with van der Waals surface area (Å²) >= 11 is 0. The summed E-state index contributed by atoms with van der Waals surface area (Å²) in [5, 5.41) is 0. The minimum absolute atomic E-state index is 0.309. The quantitative estimate of drug-likeness (QED) is 0.394. The topological polar surface area (TPSA) is 105 Å². The second-order valence-corrected chi connectivity index (χ2v) is 2.76. The van der Waals surface area contributed by atoms with E-state index in [0.29, 0.717) is 26.4 Å². The Kier molecular flexibility index (Phi) is 8.85. The zero-order valence-electron chi connectivity index (χ0n) is 8.93. The summed E-state index contributed by atoms with van der Waals surface area (Å²) in [6.07, 6.45) is 5.51. The molecule has 0 saturated heterocycles. The third-order valence-corrected chi connectivity index (χ3v) is 1.36. The normalized spacial score (nSPS) is 11.2. The summed E-state index contributed by atoms with van der Waals surface area (Å²) in [5.41, 5.74) is 9.72. The molecule has 0 rings (SSSR count). The van der Waals surface area contributed by atoms with Gasteiger partial charge < -0.3 is 20.9 Å². The fourth-order valence-corrected chi connectivity index (χ4v) is 0.749. The Bertz CT molecular complexity index is 246. The highest BCUT2D eigenvalue weighted by atomic mass is 16.5. The zero-order chi connectivity index (χ0) is 12.2. The number of ether oxygens (including phenoxy) is 2. The Hall–Kier alpha value is -1.66. The van der Waals surface area contributed by atoms with Gasteiger partial charge in [0, 0.05) is 12.2 Å². The van der Waals surface area contributed by atoms with Gasteiger partial charge in [-0.3, -0.25) is 9.59 Å².